The molecule has 0 bridgehead atoms. The lowest BCUT2D eigenvalue weighted by molar-refractivity contribution is 0.0837. The number of benzene rings is 1. The van der Waals surface area contributed by atoms with Gasteiger partial charge in [0.25, 0.3) is 5.91 Å². The highest BCUT2D eigenvalue weighted by Gasteiger charge is 2.15. The third kappa shape index (κ3) is 3.86. The standard InChI is InChI=1S/C15H15F2NO2S/c1-9-3-6-14(21-9)13(20-2)8-18-15(19)10-4-5-11(16)12(17)7-10/h3-7,13H,8H2,1-2H3,(H,18,19)/t13-/m1/s1. The molecule has 1 amide bonds. The Morgan fingerprint density at radius 1 is 1.29 bits per heavy atom. The summed E-state index contributed by atoms with van der Waals surface area (Å²) in [6, 6.07) is 6.97. The predicted octanol–water partition coefficient (Wildman–Crippen LogP) is 3.45. The van der Waals surface area contributed by atoms with Crippen molar-refractivity contribution >= 4 is 17.2 Å². The monoisotopic (exact) mass is 311 g/mol. The van der Waals surface area contributed by atoms with Crippen LogP contribution in [0.25, 0.3) is 0 Å². The molecule has 3 nitrogen and oxygen atoms in total. The summed E-state index contributed by atoms with van der Waals surface area (Å²) in [5, 5.41) is 2.66. The molecule has 0 aliphatic heterocycles. The fourth-order valence-electron chi connectivity index (χ4n) is 1.85. The molecule has 21 heavy (non-hydrogen) atoms. The third-order valence-electron chi connectivity index (χ3n) is 2.99. The van der Waals surface area contributed by atoms with Crippen LogP contribution in [0, 0.1) is 18.6 Å². The van der Waals surface area contributed by atoms with Gasteiger partial charge in [-0.15, -0.1) is 11.3 Å². The topological polar surface area (TPSA) is 38.3 Å². The van der Waals surface area contributed by atoms with Crippen LogP contribution in [-0.2, 0) is 4.74 Å². The normalized spacial score (nSPS) is 12.2. The van der Waals surface area contributed by atoms with E-state index in [2.05, 4.69) is 5.32 Å². The van der Waals surface area contributed by atoms with Crippen molar-refractivity contribution in [3.63, 3.8) is 0 Å². The number of thiophene rings is 1. The van der Waals surface area contributed by atoms with Crippen molar-refractivity contribution in [1.29, 1.82) is 0 Å². The minimum Gasteiger partial charge on any atom is -0.374 e. The van der Waals surface area contributed by atoms with Gasteiger partial charge in [0.05, 0.1) is 0 Å². The number of halogens is 2. The van der Waals surface area contributed by atoms with E-state index in [4.69, 9.17) is 4.74 Å². The highest BCUT2D eigenvalue weighted by atomic mass is 32.1. The highest BCUT2D eigenvalue weighted by molar-refractivity contribution is 7.12. The Kier molecular flexibility index (Phi) is 5.03. The van der Waals surface area contributed by atoms with Crippen LogP contribution in [0.4, 0.5) is 8.78 Å². The van der Waals surface area contributed by atoms with E-state index in [9.17, 15) is 13.6 Å². The van der Waals surface area contributed by atoms with Crippen LogP contribution in [0.5, 0.6) is 0 Å². The van der Waals surface area contributed by atoms with Crippen LogP contribution < -0.4 is 5.32 Å². The van der Waals surface area contributed by atoms with Gasteiger partial charge in [-0.2, -0.15) is 0 Å². The van der Waals surface area contributed by atoms with Crippen molar-refractivity contribution in [2.24, 2.45) is 0 Å². The summed E-state index contributed by atoms with van der Waals surface area (Å²) in [5.74, 6) is -2.49. The van der Waals surface area contributed by atoms with Gasteiger partial charge < -0.3 is 10.1 Å². The molecule has 0 spiro atoms. The molecule has 1 aromatic carbocycles. The molecular formula is C15H15F2NO2S. The van der Waals surface area contributed by atoms with Gasteiger partial charge in [0.2, 0.25) is 0 Å². The molecule has 1 heterocycles. The lowest BCUT2D eigenvalue weighted by atomic mass is 10.2. The largest absolute Gasteiger partial charge is 0.374 e. The lowest BCUT2D eigenvalue weighted by Crippen LogP contribution is -2.29. The Balaban J connectivity index is 2.00. The second-order valence-corrected chi connectivity index (χ2v) is 5.83. The summed E-state index contributed by atoms with van der Waals surface area (Å²) in [5.41, 5.74) is 0.0751. The zero-order valence-electron chi connectivity index (χ0n) is 11.7. The summed E-state index contributed by atoms with van der Waals surface area (Å²) in [4.78, 5) is 14.1. The van der Waals surface area contributed by atoms with Crippen LogP contribution >= 0.6 is 11.3 Å². The maximum absolute atomic E-state index is 13.1. The quantitative estimate of drug-likeness (QED) is 0.918. The Labute approximate surface area is 125 Å². The summed E-state index contributed by atoms with van der Waals surface area (Å²) in [6.07, 6.45) is -0.266. The second-order valence-electron chi connectivity index (χ2n) is 4.51. The molecule has 0 saturated heterocycles. The van der Waals surface area contributed by atoms with E-state index in [0.29, 0.717) is 0 Å². The van der Waals surface area contributed by atoms with Crippen molar-refractivity contribution in [3.8, 4) is 0 Å². The van der Waals surface area contributed by atoms with E-state index in [1.807, 2.05) is 19.1 Å². The molecular weight excluding hydrogens is 296 g/mol. The molecule has 112 valence electrons. The van der Waals surface area contributed by atoms with Crippen LogP contribution in [-0.4, -0.2) is 19.6 Å². The zero-order chi connectivity index (χ0) is 15.4. The SMILES string of the molecule is CO[C@H](CNC(=O)c1ccc(F)c(F)c1)c1ccc(C)s1. The van der Waals surface area contributed by atoms with Gasteiger partial charge in [-0.25, -0.2) is 8.78 Å². The van der Waals surface area contributed by atoms with Gasteiger partial charge in [-0.1, -0.05) is 0 Å². The maximum Gasteiger partial charge on any atom is 0.251 e. The van der Waals surface area contributed by atoms with Crippen LogP contribution in [0.2, 0.25) is 0 Å². The number of carbonyl (C=O) groups is 1. The smallest absolute Gasteiger partial charge is 0.251 e. The first-order chi connectivity index (χ1) is 10.0. The molecule has 0 aliphatic carbocycles. The number of hydrogen-bond acceptors (Lipinski definition) is 3. The fraction of sp³-hybridized carbons (Fsp3) is 0.267. The average molecular weight is 311 g/mol. The maximum atomic E-state index is 13.1. The molecule has 0 radical (unpaired) electrons. The number of ether oxygens (including phenoxy) is 1. The van der Waals surface area contributed by atoms with E-state index in [1.54, 1.807) is 18.4 Å². The van der Waals surface area contributed by atoms with Gasteiger partial charge >= 0.3 is 0 Å². The van der Waals surface area contributed by atoms with Crippen molar-refractivity contribution in [2.45, 2.75) is 13.0 Å². The number of rotatable bonds is 5. The van der Waals surface area contributed by atoms with Crippen molar-refractivity contribution in [1.82, 2.24) is 5.32 Å². The Bertz CT molecular complexity index is 642. The first-order valence-corrected chi connectivity index (χ1v) is 7.15. The van der Waals surface area contributed by atoms with Crippen molar-refractivity contribution in [2.75, 3.05) is 13.7 Å². The Morgan fingerprint density at radius 2 is 2.05 bits per heavy atom. The van der Waals surface area contributed by atoms with E-state index >= 15 is 0 Å². The van der Waals surface area contributed by atoms with Gasteiger partial charge in [-0.05, 0) is 37.3 Å². The Morgan fingerprint density at radius 3 is 2.62 bits per heavy atom. The summed E-state index contributed by atoms with van der Waals surface area (Å²) >= 11 is 1.59. The number of hydrogen-bond donors (Lipinski definition) is 1. The van der Waals surface area contributed by atoms with Crippen molar-refractivity contribution in [3.05, 3.63) is 57.3 Å². The van der Waals surface area contributed by atoms with Gasteiger partial charge in [0.1, 0.15) is 6.10 Å². The highest BCUT2D eigenvalue weighted by Crippen LogP contribution is 2.24. The minimum atomic E-state index is -1.04. The van der Waals surface area contributed by atoms with Crippen LogP contribution in [0.15, 0.2) is 30.3 Å². The average Bonchev–Trinajstić information content (AvgIpc) is 2.89. The summed E-state index contributed by atoms with van der Waals surface area (Å²) in [6.45, 7) is 2.25. The third-order valence-corrected chi connectivity index (χ3v) is 4.09. The molecule has 2 rings (SSSR count). The first-order valence-electron chi connectivity index (χ1n) is 6.33. The summed E-state index contributed by atoms with van der Waals surface area (Å²) < 4.78 is 31.3. The molecule has 1 N–H and O–H groups in total. The first kappa shape index (κ1) is 15.6. The van der Waals surface area contributed by atoms with Crippen molar-refractivity contribution < 1.29 is 18.3 Å². The molecule has 0 fully saturated rings. The van der Waals surface area contributed by atoms with Gasteiger partial charge in [0, 0.05) is 29.0 Å². The molecule has 6 heteroatoms. The fourth-order valence-corrected chi connectivity index (χ4v) is 2.81. The van der Waals surface area contributed by atoms with E-state index < -0.39 is 17.5 Å². The predicted molar refractivity (Wildman–Crippen MR) is 77.5 cm³/mol. The minimum absolute atomic E-state index is 0.0751. The zero-order valence-corrected chi connectivity index (χ0v) is 12.5. The van der Waals surface area contributed by atoms with Gasteiger partial charge in [0.15, 0.2) is 11.6 Å². The lowest BCUT2D eigenvalue weighted by Gasteiger charge is -2.14. The number of carbonyl (C=O) groups excluding carboxylic acids is 1. The molecule has 2 aromatic rings. The van der Waals surface area contributed by atoms with E-state index in [-0.39, 0.29) is 18.2 Å². The second kappa shape index (κ2) is 6.78. The van der Waals surface area contributed by atoms with Crippen LogP contribution in [0.3, 0.4) is 0 Å². The number of methoxy groups -OCH3 is 1. The Hall–Kier alpha value is -1.79. The molecule has 0 aliphatic rings. The summed E-state index contributed by atoms with van der Waals surface area (Å²) in [7, 11) is 1.56. The number of amides is 1. The van der Waals surface area contributed by atoms with Gasteiger partial charge in [-0.3, -0.25) is 4.79 Å². The van der Waals surface area contributed by atoms with Crippen LogP contribution in [0.1, 0.15) is 26.2 Å². The molecule has 0 saturated carbocycles. The number of nitrogens with one attached hydrogen (secondary N) is 1. The molecule has 1 aromatic heterocycles. The molecule has 0 unspecified atom stereocenters. The van der Waals surface area contributed by atoms with E-state index in [1.165, 1.54) is 6.07 Å². The number of aryl methyl sites for hydroxylation is 1. The molecule has 1 atom stereocenters. The van der Waals surface area contributed by atoms with E-state index in [0.717, 1.165) is 21.9 Å².